The summed E-state index contributed by atoms with van der Waals surface area (Å²) in [6.45, 7) is 6.95. The molecule has 0 atom stereocenters. The predicted octanol–water partition coefficient (Wildman–Crippen LogP) is 2.18. The van der Waals surface area contributed by atoms with Gasteiger partial charge in [-0.25, -0.2) is 4.79 Å². The van der Waals surface area contributed by atoms with Crippen LogP contribution in [-0.4, -0.2) is 39.9 Å². The van der Waals surface area contributed by atoms with Crippen LogP contribution in [0.3, 0.4) is 0 Å². The molecule has 0 radical (unpaired) electrons. The molecule has 100 valence electrons. The summed E-state index contributed by atoms with van der Waals surface area (Å²) < 4.78 is 10.5. The topological polar surface area (TPSA) is 68.5 Å². The number of carbonyl (C=O) groups is 1. The molecule has 1 aromatic rings. The molecule has 1 aliphatic rings. The van der Waals surface area contributed by atoms with E-state index < -0.39 is 5.60 Å². The fraction of sp³-hybridized carbons (Fsp3) is 0.750. The maximum absolute atomic E-state index is 11.9. The lowest BCUT2D eigenvalue weighted by atomic mass is 9.97. The standard InChI is InChI=1S/C12H19N3O3/c1-12(2,3)18-11(16)15-6-4-9(5-7-15)10-14-13-8-17-10/h8-9H,4-7H2,1-3H3. The molecule has 0 spiro atoms. The van der Waals surface area contributed by atoms with Gasteiger partial charge in [0.1, 0.15) is 5.60 Å². The summed E-state index contributed by atoms with van der Waals surface area (Å²) in [6.07, 6.45) is 2.77. The fourth-order valence-electron chi connectivity index (χ4n) is 1.99. The van der Waals surface area contributed by atoms with Gasteiger partial charge in [-0.15, -0.1) is 10.2 Å². The molecule has 0 aliphatic carbocycles. The van der Waals surface area contributed by atoms with E-state index in [1.165, 1.54) is 6.39 Å². The SMILES string of the molecule is CC(C)(C)OC(=O)N1CCC(c2nnco2)CC1. The maximum atomic E-state index is 11.9. The smallest absolute Gasteiger partial charge is 0.410 e. The quantitative estimate of drug-likeness (QED) is 0.767. The lowest BCUT2D eigenvalue weighted by molar-refractivity contribution is 0.0199. The number of hydrogen-bond donors (Lipinski definition) is 0. The van der Waals surface area contributed by atoms with Crippen LogP contribution in [0.25, 0.3) is 0 Å². The summed E-state index contributed by atoms with van der Waals surface area (Å²) in [5.41, 5.74) is -0.444. The van der Waals surface area contributed by atoms with Crippen molar-refractivity contribution in [1.82, 2.24) is 15.1 Å². The summed E-state index contributed by atoms with van der Waals surface area (Å²) in [4.78, 5) is 13.6. The van der Waals surface area contributed by atoms with Crippen molar-refractivity contribution >= 4 is 6.09 Å². The van der Waals surface area contributed by atoms with Crippen LogP contribution >= 0.6 is 0 Å². The first-order valence-corrected chi connectivity index (χ1v) is 6.20. The summed E-state index contributed by atoms with van der Waals surface area (Å²) in [5, 5.41) is 7.60. The Morgan fingerprint density at radius 1 is 1.44 bits per heavy atom. The van der Waals surface area contributed by atoms with E-state index >= 15 is 0 Å². The molecule has 1 amide bonds. The molecule has 6 heteroatoms. The number of piperidine rings is 1. The number of hydrogen-bond acceptors (Lipinski definition) is 5. The monoisotopic (exact) mass is 253 g/mol. The van der Waals surface area contributed by atoms with Crippen LogP contribution in [0.1, 0.15) is 45.4 Å². The third kappa shape index (κ3) is 3.21. The number of carbonyl (C=O) groups excluding carboxylic acids is 1. The highest BCUT2D eigenvalue weighted by Gasteiger charge is 2.29. The largest absolute Gasteiger partial charge is 0.444 e. The minimum atomic E-state index is -0.444. The Balaban J connectivity index is 1.85. The Morgan fingerprint density at radius 2 is 2.11 bits per heavy atom. The van der Waals surface area contributed by atoms with E-state index in [1.54, 1.807) is 4.90 Å². The van der Waals surface area contributed by atoms with E-state index in [0.717, 1.165) is 12.8 Å². The van der Waals surface area contributed by atoms with E-state index in [1.807, 2.05) is 20.8 Å². The highest BCUT2D eigenvalue weighted by atomic mass is 16.6. The zero-order valence-corrected chi connectivity index (χ0v) is 11.0. The first-order chi connectivity index (χ1) is 8.46. The third-order valence-corrected chi connectivity index (χ3v) is 2.87. The number of aromatic nitrogens is 2. The first-order valence-electron chi connectivity index (χ1n) is 6.20. The third-order valence-electron chi connectivity index (χ3n) is 2.87. The van der Waals surface area contributed by atoms with E-state index in [-0.39, 0.29) is 12.0 Å². The Bertz CT molecular complexity index is 389. The molecule has 6 nitrogen and oxygen atoms in total. The van der Waals surface area contributed by atoms with E-state index in [9.17, 15) is 4.79 Å². The fourth-order valence-corrected chi connectivity index (χ4v) is 1.99. The molecule has 0 bridgehead atoms. The molecule has 1 aliphatic heterocycles. The number of nitrogens with zero attached hydrogens (tertiary/aromatic N) is 3. The Kier molecular flexibility index (Phi) is 3.54. The second-order valence-electron chi connectivity index (χ2n) is 5.52. The second-order valence-corrected chi connectivity index (χ2v) is 5.52. The van der Waals surface area contributed by atoms with Crippen LogP contribution < -0.4 is 0 Å². The van der Waals surface area contributed by atoms with Gasteiger partial charge in [0.05, 0.1) is 0 Å². The van der Waals surface area contributed by atoms with Crippen molar-refractivity contribution in [3.05, 3.63) is 12.3 Å². The van der Waals surface area contributed by atoms with Crippen molar-refractivity contribution in [2.45, 2.75) is 45.1 Å². The Hall–Kier alpha value is -1.59. The van der Waals surface area contributed by atoms with Crippen molar-refractivity contribution in [2.75, 3.05) is 13.1 Å². The molecule has 0 N–H and O–H groups in total. The first kappa shape index (κ1) is 12.9. The highest BCUT2D eigenvalue weighted by Crippen LogP contribution is 2.27. The number of likely N-dealkylation sites (tertiary alicyclic amines) is 1. The highest BCUT2D eigenvalue weighted by molar-refractivity contribution is 5.68. The molecule has 2 heterocycles. The van der Waals surface area contributed by atoms with Gasteiger partial charge in [-0.05, 0) is 33.6 Å². The van der Waals surface area contributed by atoms with Crippen LogP contribution in [0, 0.1) is 0 Å². The number of amides is 1. The van der Waals surface area contributed by atoms with Crippen molar-refractivity contribution in [3.63, 3.8) is 0 Å². The number of rotatable bonds is 1. The molecule has 2 rings (SSSR count). The van der Waals surface area contributed by atoms with Crippen molar-refractivity contribution in [1.29, 1.82) is 0 Å². The normalized spacial score (nSPS) is 17.8. The van der Waals surface area contributed by atoms with Crippen molar-refractivity contribution in [3.8, 4) is 0 Å². The van der Waals surface area contributed by atoms with Crippen LogP contribution in [0.4, 0.5) is 4.79 Å². The average molecular weight is 253 g/mol. The van der Waals surface area contributed by atoms with E-state index in [4.69, 9.17) is 9.15 Å². The molecule has 0 unspecified atom stereocenters. The van der Waals surface area contributed by atoms with Crippen molar-refractivity contribution in [2.24, 2.45) is 0 Å². The van der Waals surface area contributed by atoms with Crippen molar-refractivity contribution < 1.29 is 13.9 Å². The molecular formula is C12H19N3O3. The molecular weight excluding hydrogens is 234 g/mol. The van der Waals surface area contributed by atoms with Gasteiger partial charge in [-0.3, -0.25) is 0 Å². The summed E-state index contributed by atoms with van der Waals surface area (Å²) in [7, 11) is 0. The van der Waals surface area contributed by atoms with Gasteiger partial charge in [0.2, 0.25) is 12.3 Å². The molecule has 18 heavy (non-hydrogen) atoms. The lowest BCUT2D eigenvalue weighted by Crippen LogP contribution is -2.41. The predicted molar refractivity (Wildman–Crippen MR) is 64.1 cm³/mol. The minimum Gasteiger partial charge on any atom is -0.444 e. The van der Waals surface area contributed by atoms with E-state index in [2.05, 4.69) is 10.2 Å². The molecule has 1 aromatic heterocycles. The van der Waals surface area contributed by atoms with Gasteiger partial charge in [-0.2, -0.15) is 0 Å². The molecule has 1 saturated heterocycles. The van der Waals surface area contributed by atoms with Crippen LogP contribution in [0.2, 0.25) is 0 Å². The molecule has 0 saturated carbocycles. The average Bonchev–Trinajstić information content (AvgIpc) is 2.80. The zero-order valence-electron chi connectivity index (χ0n) is 11.0. The van der Waals surface area contributed by atoms with Gasteiger partial charge in [0.15, 0.2) is 0 Å². The maximum Gasteiger partial charge on any atom is 0.410 e. The van der Waals surface area contributed by atoms with Crippen LogP contribution in [-0.2, 0) is 4.74 Å². The van der Waals surface area contributed by atoms with Gasteiger partial charge in [-0.1, -0.05) is 0 Å². The second kappa shape index (κ2) is 4.96. The summed E-state index contributed by atoms with van der Waals surface area (Å²) in [5.74, 6) is 0.921. The lowest BCUT2D eigenvalue weighted by Gasteiger charge is -2.32. The Labute approximate surface area is 106 Å². The minimum absolute atomic E-state index is 0.244. The summed E-state index contributed by atoms with van der Waals surface area (Å²) in [6, 6.07) is 0. The number of ether oxygens (including phenoxy) is 1. The van der Waals surface area contributed by atoms with Gasteiger partial charge >= 0.3 is 6.09 Å². The molecule has 1 fully saturated rings. The van der Waals surface area contributed by atoms with Crippen LogP contribution in [0.5, 0.6) is 0 Å². The van der Waals surface area contributed by atoms with Gasteiger partial charge < -0.3 is 14.1 Å². The zero-order chi connectivity index (χ0) is 13.2. The summed E-state index contributed by atoms with van der Waals surface area (Å²) >= 11 is 0. The van der Waals surface area contributed by atoms with E-state index in [0.29, 0.717) is 19.0 Å². The Morgan fingerprint density at radius 3 is 2.61 bits per heavy atom. The van der Waals surface area contributed by atoms with Gasteiger partial charge in [0.25, 0.3) is 0 Å². The molecule has 0 aromatic carbocycles. The van der Waals surface area contributed by atoms with Gasteiger partial charge in [0, 0.05) is 19.0 Å². The van der Waals surface area contributed by atoms with Crippen LogP contribution in [0.15, 0.2) is 10.8 Å².